The molecule has 1 aliphatic heterocycles. The van der Waals surface area contributed by atoms with Crippen LogP contribution in [0.25, 0.3) is 0 Å². The van der Waals surface area contributed by atoms with Crippen LogP contribution in [0.3, 0.4) is 0 Å². The van der Waals surface area contributed by atoms with Crippen molar-refractivity contribution in [1.82, 2.24) is 19.8 Å². The zero-order valence-corrected chi connectivity index (χ0v) is 12.6. The van der Waals surface area contributed by atoms with Crippen molar-refractivity contribution in [2.24, 2.45) is 7.05 Å². The zero-order valence-electron chi connectivity index (χ0n) is 12.6. The van der Waals surface area contributed by atoms with Gasteiger partial charge in [0.1, 0.15) is 5.76 Å². The molecule has 0 N–H and O–H groups in total. The van der Waals surface area contributed by atoms with Crippen LogP contribution in [0.1, 0.15) is 60.5 Å². The van der Waals surface area contributed by atoms with Crippen molar-refractivity contribution in [3.63, 3.8) is 0 Å². The van der Waals surface area contributed by atoms with Gasteiger partial charge < -0.3 is 9.42 Å². The van der Waals surface area contributed by atoms with Crippen molar-refractivity contribution in [2.75, 3.05) is 6.54 Å². The van der Waals surface area contributed by atoms with Crippen molar-refractivity contribution in [3.8, 4) is 0 Å². The molecule has 1 saturated heterocycles. The molecule has 6 nitrogen and oxygen atoms in total. The smallest absolute Gasteiger partial charge is 0.276 e. The summed E-state index contributed by atoms with van der Waals surface area (Å²) in [5.74, 6) is 0.916. The van der Waals surface area contributed by atoms with E-state index in [1.807, 2.05) is 38.2 Å². The topological polar surface area (TPSA) is 64.2 Å². The first-order valence-corrected chi connectivity index (χ1v) is 7.32. The Hall–Kier alpha value is -2.11. The van der Waals surface area contributed by atoms with Crippen molar-refractivity contribution < 1.29 is 9.32 Å². The lowest BCUT2D eigenvalue weighted by atomic mass is 10.1. The maximum atomic E-state index is 12.6. The van der Waals surface area contributed by atoms with Crippen LogP contribution in [0, 0.1) is 0 Å². The molecule has 1 fully saturated rings. The first kappa shape index (κ1) is 13.9. The third kappa shape index (κ3) is 2.57. The lowest BCUT2D eigenvalue weighted by Crippen LogP contribution is -2.30. The molecule has 0 aliphatic carbocycles. The fourth-order valence-electron chi connectivity index (χ4n) is 2.78. The van der Waals surface area contributed by atoms with Crippen LogP contribution in [0.5, 0.6) is 0 Å². The molecule has 21 heavy (non-hydrogen) atoms. The molecular formula is C15H20N4O2. The van der Waals surface area contributed by atoms with Gasteiger partial charge in [-0.15, -0.1) is 0 Å². The van der Waals surface area contributed by atoms with Crippen molar-refractivity contribution in [1.29, 1.82) is 0 Å². The van der Waals surface area contributed by atoms with Gasteiger partial charge in [-0.1, -0.05) is 19.0 Å². The molecule has 0 radical (unpaired) electrons. The van der Waals surface area contributed by atoms with Crippen LogP contribution in [-0.4, -0.2) is 32.3 Å². The van der Waals surface area contributed by atoms with Gasteiger partial charge in [0, 0.05) is 37.3 Å². The lowest BCUT2D eigenvalue weighted by Gasteiger charge is -2.22. The van der Waals surface area contributed by atoms with Crippen LogP contribution in [0.4, 0.5) is 0 Å². The molecule has 6 heteroatoms. The second kappa shape index (κ2) is 5.35. The second-order valence-corrected chi connectivity index (χ2v) is 5.87. The van der Waals surface area contributed by atoms with E-state index in [-0.39, 0.29) is 17.9 Å². The Balaban J connectivity index is 1.82. The van der Waals surface area contributed by atoms with E-state index in [4.69, 9.17) is 4.52 Å². The van der Waals surface area contributed by atoms with E-state index in [2.05, 4.69) is 10.3 Å². The number of aromatic nitrogens is 3. The van der Waals surface area contributed by atoms with Crippen molar-refractivity contribution >= 4 is 5.91 Å². The molecule has 0 saturated carbocycles. The van der Waals surface area contributed by atoms with E-state index in [1.165, 1.54) is 0 Å². The summed E-state index contributed by atoms with van der Waals surface area (Å²) in [5, 5.41) is 8.13. The summed E-state index contributed by atoms with van der Waals surface area (Å²) < 4.78 is 7.01. The number of aryl methyl sites for hydroxylation is 1. The molecule has 3 rings (SSSR count). The predicted octanol–water partition coefficient (Wildman–Crippen LogP) is 2.51. The third-order valence-electron chi connectivity index (χ3n) is 3.94. The molecule has 2 aromatic rings. The Labute approximate surface area is 123 Å². The average Bonchev–Trinajstić information content (AvgIpc) is 3.17. The molecular weight excluding hydrogens is 268 g/mol. The van der Waals surface area contributed by atoms with E-state index >= 15 is 0 Å². The van der Waals surface area contributed by atoms with E-state index < -0.39 is 0 Å². The standard InChI is InChI=1S/C15H20N4O2/c1-10(2)14-7-12(17-21-14)15(20)19-6-4-5-13(19)11-8-16-18(3)9-11/h7-10,13H,4-6H2,1-3H3. The molecule has 2 aromatic heterocycles. The number of hydrogen-bond acceptors (Lipinski definition) is 4. The monoisotopic (exact) mass is 288 g/mol. The van der Waals surface area contributed by atoms with Crippen LogP contribution in [0.2, 0.25) is 0 Å². The normalized spacial score (nSPS) is 18.7. The summed E-state index contributed by atoms with van der Waals surface area (Å²) in [7, 11) is 1.89. The molecule has 1 amide bonds. The summed E-state index contributed by atoms with van der Waals surface area (Å²) in [6.07, 6.45) is 5.77. The van der Waals surface area contributed by atoms with E-state index in [9.17, 15) is 4.79 Å². The summed E-state index contributed by atoms with van der Waals surface area (Å²) in [5.41, 5.74) is 1.48. The number of carbonyl (C=O) groups is 1. The Morgan fingerprint density at radius 2 is 2.29 bits per heavy atom. The Morgan fingerprint density at radius 1 is 1.48 bits per heavy atom. The first-order valence-electron chi connectivity index (χ1n) is 7.32. The highest BCUT2D eigenvalue weighted by molar-refractivity contribution is 5.92. The van der Waals surface area contributed by atoms with Gasteiger partial charge in [-0.3, -0.25) is 9.48 Å². The van der Waals surface area contributed by atoms with E-state index in [0.29, 0.717) is 5.69 Å². The SMILES string of the molecule is CC(C)c1cc(C(=O)N2CCCC2c2cnn(C)c2)no1. The van der Waals surface area contributed by atoms with Gasteiger partial charge in [-0.05, 0) is 12.8 Å². The minimum Gasteiger partial charge on any atom is -0.360 e. The van der Waals surface area contributed by atoms with Crippen molar-refractivity contribution in [3.05, 3.63) is 35.5 Å². The molecule has 1 aliphatic rings. The van der Waals surface area contributed by atoms with Gasteiger partial charge in [-0.25, -0.2) is 0 Å². The van der Waals surface area contributed by atoms with E-state index in [0.717, 1.165) is 30.7 Å². The largest absolute Gasteiger partial charge is 0.360 e. The average molecular weight is 288 g/mol. The molecule has 0 bridgehead atoms. The fourth-order valence-corrected chi connectivity index (χ4v) is 2.78. The highest BCUT2D eigenvalue weighted by atomic mass is 16.5. The van der Waals surface area contributed by atoms with Gasteiger partial charge in [0.2, 0.25) is 0 Å². The number of amides is 1. The molecule has 0 spiro atoms. The molecule has 0 aromatic carbocycles. The van der Waals surface area contributed by atoms with Crippen LogP contribution < -0.4 is 0 Å². The minimum absolute atomic E-state index is 0.0583. The number of rotatable bonds is 3. The molecule has 1 atom stereocenters. The van der Waals surface area contributed by atoms with Gasteiger partial charge in [0.25, 0.3) is 5.91 Å². The Kier molecular flexibility index (Phi) is 3.53. The maximum absolute atomic E-state index is 12.6. The van der Waals surface area contributed by atoms with Gasteiger partial charge in [0.05, 0.1) is 12.2 Å². The predicted molar refractivity (Wildman–Crippen MR) is 76.8 cm³/mol. The van der Waals surface area contributed by atoms with Crippen LogP contribution in [-0.2, 0) is 7.05 Å². The fraction of sp³-hybridized carbons (Fsp3) is 0.533. The molecule has 1 unspecified atom stereocenters. The Morgan fingerprint density at radius 3 is 2.90 bits per heavy atom. The molecule has 112 valence electrons. The third-order valence-corrected chi connectivity index (χ3v) is 3.94. The number of carbonyl (C=O) groups excluding carboxylic acids is 1. The van der Waals surface area contributed by atoms with Crippen LogP contribution in [0.15, 0.2) is 23.0 Å². The summed E-state index contributed by atoms with van der Waals surface area (Å²) in [6, 6.07) is 1.84. The van der Waals surface area contributed by atoms with Gasteiger partial charge >= 0.3 is 0 Å². The quantitative estimate of drug-likeness (QED) is 0.870. The van der Waals surface area contributed by atoms with E-state index in [1.54, 1.807) is 10.7 Å². The highest BCUT2D eigenvalue weighted by Crippen LogP contribution is 2.32. The van der Waals surface area contributed by atoms with Crippen molar-refractivity contribution in [2.45, 2.75) is 38.6 Å². The number of likely N-dealkylation sites (tertiary alicyclic amines) is 1. The molecule has 3 heterocycles. The minimum atomic E-state index is -0.0583. The summed E-state index contributed by atoms with van der Waals surface area (Å²) in [4.78, 5) is 14.5. The number of nitrogens with zero attached hydrogens (tertiary/aromatic N) is 4. The zero-order chi connectivity index (χ0) is 15.0. The van der Waals surface area contributed by atoms with Crippen LogP contribution >= 0.6 is 0 Å². The second-order valence-electron chi connectivity index (χ2n) is 5.87. The number of hydrogen-bond donors (Lipinski definition) is 0. The Bertz CT molecular complexity index is 644. The summed E-state index contributed by atoms with van der Waals surface area (Å²) in [6.45, 7) is 4.79. The van der Waals surface area contributed by atoms with Gasteiger partial charge in [0.15, 0.2) is 5.69 Å². The first-order chi connectivity index (χ1) is 10.1. The summed E-state index contributed by atoms with van der Waals surface area (Å²) >= 11 is 0. The maximum Gasteiger partial charge on any atom is 0.276 e. The highest BCUT2D eigenvalue weighted by Gasteiger charge is 2.32. The van der Waals surface area contributed by atoms with Gasteiger partial charge in [-0.2, -0.15) is 5.10 Å². The lowest BCUT2D eigenvalue weighted by molar-refractivity contribution is 0.0725.